The number of rotatable bonds is 2. The molecule has 2 bridgehead atoms. The van der Waals surface area contributed by atoms with Gasteiger partial charge < -0.3 is 14.9 Å². The molecule has 1 unspecified atom stereocenters. The minimum absolute atomic E-state index is 0.0175. The first kappa shape index (κ1) is 14.2. The highest BCUT2D eigenvalue weighted by Gasteiger charge is 2.96. The molecule has 4 aliphatic carbocycles. The standard InChI is InChI=1S/C19H30O3/c1-9(2)14-13-7-11(8-20)16(21)15-12-5-6-17(4)18(13,15)19(14,22-17)10(12)3/h9-16,20-21H,5-8H2,1-4H3/t10-,11+,12+,13+,14-,15+,16-,17+,18-,19?/m1/s1. The third-order valence-corrected chi connectivity index (χ3v) is 9.05. The maximum atomic E-state index is 11.1. The van der Waals surface area contributed by atoms with Crippen LogP contribution in [0.1, 0.15) is 47.0 Å². The molecule has 0 aromatic carbocycles. The normalized spacial score (nSPS) is 67.5. The molecule has 5 aliphatic rings. The highest BCUT2D eigenvalue weighted by Crippen LogP contribution is 2.91. The summed E-state index contributed by atoms with van der Waals surface area (Å²) in [5, 5.41) is 20.9. The van der Waals surface area contributed by atoms with Crippen LogP contribution < -0.4 is 0 Å². The Labute approximate surface area is 133 Å². The summed E-state index contributed by atoms with van der Waals surface area (Å²) in [5.74, 6) is 3.47. The Bertz CT molecular complexity index is 533. The van der Waals surface area contributed by atoms with Crippen LogP contribution in [0.25, 0.3) is 0 Å². The summed E-state index contributed by atoms with van der Waals surface area (Å²) in [6, 6.07) is 0. The SMILES string of the molecule is CC(C)[C@@H]1[C@@H]2C[C@@H](CO)[C@@H](O)[C@@H]3[C@H]4CC[C@]5(C)OC1([C@@H]4C)[C@@]325. The summed E-state index contributed by atoms with van der Waals surface area (Å²) < 4.78 is 6.78. The zero-order chi connectivity index (χ0) is 15.7. The third-order valence-electron chi connectivity index (χ3n) is 9.05. The van der Waals surface area contributed by atoms with E-state index in [9.17, 15) is 10.2 Å². The molecule has 124 valence electrons. The molecule has 1 spiro atoms. The topological polar surface area (TPSA) is 49.7 Å². The maximum absolute atomic E-state index is 11.1. The predicted octanol–water partition coefficient (Wildman–Crippen LogP) is 2.45. The van der Waals surface area contributed by atoms with E-state index in [1.807, 2.05) is 0 Å². The van der Waals surface area contributed by atoms with Crippen molar-refractivity contribution in [3.8, 4) is 0 Å². The number of hydrogen-bond acceptors (Lipinski definition) is 3. The molecule has 1 aliphatic heterocycles. The van der Waals surface area contributed by atoms with Crippen LogP contribution in [0.15, 0.2) is 0 Å². The molecule has 0 aromatic rings. The van der Waals surface area contributed by atoms with Crippen molar-refractivity contribution in [2.24, 2.45) is 46.8 Å². The largest absolute Gasteiger partial charge is 0.396 e. The van der Waals surface area contributed by atoms with Gasteiger partial charge in [-0.3, -0.25) is 0 Å². The molecule has 3 heteroatoms. The molecular weight excluding hydrogens is 276 g/mol. The molecule has 5 fully saturated rings. The fourth-order valence-corrected chi connectivity index (χ4v) is 8.91. The van der Waals surface area contributed by atoms with Crippen LogP contribution in [0.3, 0.4) is 0 Å². The molecule has 0 amide bonds. The van der Waals surface area contributed by atoms with Crippen molar-refractivity contribution in [3.05, 3.63) is 0 Å². The van der Waals surface area contributed by atoms with E-state index >= 15 is 0 Å². The summed E-state index contributed by atoms with van der Waals surface area (Å²) in [6.45, 7) is 9.53. The van der Waals surface area contributed by atoms with E-state index in [2.05, 4.69) is 27.7 Å². The highest BCUT2D eigenvalue weighted by molar-refractivity contribution is 5.43. The van der Waals surface area contributed by atoms with E-state index in [1.165, 1.54) is 6.42 Å². The van der Waals surface area contributed by atoms with E-state index in [-0.39, 0.29) is 35.2 Å². The molecule has 1 saturated heterocycles. The average Bonchev–Trinajstić information content (AvgIpc) is 2.53. The van der Waals surface area contributed by atoms with Crippen molar-refractivity contribution >= 4 is 0 Å². The summed E-state index contributed by atoms with van der Waals surface area (Å²) in [5.41, 5.74) is 0.229. The van der Waals surface area contributed by atoms with Crippen molar-refractivity contribution < 1.29 is 14.9 Å². The molecule has 10 atom stereocenters. The van der Waals surface area contributed by atoms with Crippen LogP contribution in [-0.2, 0) is 4.74 Å². The molecule has 3 nitrogen and oxygen atoms in total. The quantitative estimate of drug-likeness (QED) is 0.824. The smallest absolute Gasteiger partial charge is 0.0841 e. The van der Waals surface area contributed by atoms with Gasteiger partial charge in [-0.05, 0) is 61.7 Å². The predicted molar refractivity (Wildman–Crippen MR) is 83.0 cm³/mol. The summed E-state index contributed by atoms with van der Waals surface area (Å²) in [7, 11) is 0. The van der Waals surface area contributed by atoms with Crippen LogP contribution in [0.5, 0.6) is 0 Å². The average molecular weight is 306 g/mol. The van der Waals surface area contributed by atoms with Gasteiger partial charge in [0.15, 0.2) is 0 Å². The van der Waals surface area contributed by atoms with Crippen LogP contribution in [0, 0.1) is 46.8 Å². The molecular formula is C19H30O3. The van der Waals surface area contributed by atoms with Crippen molar-refractivity contribution in [1.29, 1.82) is 0 Å². The number of hydrogen-bond donors (Lipinski definition) is 2. The zero-order valence-corrected chi connectivity index (χ0v) is 14.2. The molecule has 0 radical (unpaired) electrons. The molecule has 2 N–H and O–H groups in total. The Morgan fingerprint density at radius 1 is 1.32 bits per heavy atom. The first-order valence-corrected chi connectivity index (χ1v) is 9.36. The van der Waals surface area contributed by atoms with E-state index in [1.54, 1.807) is 0 Å². The Balaban J connectivity index is 1.71. The van der Waals surface area contributed by atoms with Gasteiger partial charge in [-0.1, -0.05) is 20.8 Å². The van der Waals surface area contributed by atoms with Gasteiger partial charge in [0.1, 0.15) is 0 Å². The second kappa shape index (κ2) is 3.75. The lowest BCUT2D eigenvalue weighted by atomic mass is 9.28. The van der Waals surface area contributed by atoms with Gasteiger partial charge in [-0.2, -0.15) is 0 Å². The Morgan fingerprint density at radius 2 is 2.05 bits per heavy atom. The Hall–Kier alpha value is -0.120. The molecule has 1 heterocycles. The number of aliphatic hydroxyl groups excluding tert-OH is 2. The summed E-state index contributed by atoms with van der Waals surface area (Å²) in [4.78, 5) is 0. The Kier molecular flexibility index (Phi) is 2.43. The third kappa shape index (κ3) is 1.01. The molecule has 0 aromatic heterocycles. The summed E-state index contributed by atoms with van der Waals surface area (Å²) in [6.07, 6.45) is 3.03. The minimum Gasteiger partial charge on any atom is -0.396 e. The lowest BCUT2D eigenvalue weighted by Gasteiger charge is -2.86. The fraction of sp³-hybridized carbons (Fsp3) is 1.00. The highest BCUT2D eigenvalue weighted by atomic mass is 16.6. The Morgan fingerprint density at radius 3 is 2.68 bits per heavy atom. The van der Waals surface area contributed by atoms with Crippen LogP contribution >= 0.6 is 0 Å². The van der Waals surface area contributed by atoms with Crippen LogP contribution in [-0.4, -0.2) is 34.1 Å². The van der Waals surface area contributed by atoms with Gasteiger partial charge in [0.05, 0.1) is 17.3 Å². The maximum Gasteiger partial charge on any atom is 0.0841 e. The van der Waals surface area contributed by atoms with Crippen molar-refractivity contribution in [1.82, 2.24) is 0 Å². The first-order chi connectivity index (χ1) is 10.4. The second-order valence-electron chi connectivity index (χ2n) is 9.56. The van der Waals surface area contributed by atoms with Gasteiger partial charge in [0.2, 0.25) is 0 Å². The lowest BCUT2D eigenvalue weighted by Crippen LogP contribution is -2.92. The van der Waals surface area contributed by atoms with E-state index in [0.717, 1.165) is 12.8 Å². The molecule has 5 rings (SSSR count). The van der Waals surface area contributed by atoms with Crippen molar-refractivity contribution in [3.63, 3.8) is 0 Å². The second-order valence-corrected chi connectivity index (χ2v) is 9.56. The van der Waals surface area contributed by atoms with Crippen molar-refractivity contribution in [2.45, 2.75) is 64.3 Å². The number of aliphatic hydroxyl groups is 2. The van der Waals surface area contributed by atoms with E-state index in [0.29, 0.717) is 35.5 Å². The van der Waals surface area contributed by atoms with Gasteiger partial charge in [-0.25, -0.2) is 0 Å². The summed E-state index contributed by atoms with van der Waals surface area (Å²) >= 11 is 0. The molecule has 22 heavy (non-hydrogen) atoms. The van der Waals surface area contributed by atoms with Crippen LogP contribution in [0.4, 0.5) is 0 Å². The minimum atomic E-state index is -0.327. The van der Waals surface area contributed by atoms with E-state index in [4.69, 9.17) is 4.74 Å². The first-order valence-electron chi connectivity index (χ1n) is 9.36. The van der Waals surface area contributed by atoms with Crippen LogP contribution in [0.2, 0.25) is 0 Å². The van der Waals surface area contributed by atoms with Gasteiger partial charge in [0.25, 0.3) is 0 Å². The van der Waals surface area contributed by atoms with Gasteiger partial charge >= 0.3 is 0 Å². The lowest BCUT2D eigenvalue weighted by molar-refractivity contribution is -0.506. The van der Waals surface area contributed by atoms with Crippen molar-refractivity contribution in [2.75, 3.05) is 6.61 Å². The van der Waals surface area contributed by atoms with Gasteiger partial charge in [-0.15, -0.1) is 0 Å². The fourth-order valence-electron chi connectivity index (χ4n) is 8.91. The van der Waals surface area contributed by atoms with E-state index < -0.39 is 0 Å². The zero-order valence-electron chi connectivity index (χ0n) is 14.2. The monoisotopic (exact) mass is 306 g/mol. The molecule has 4 saturated carbocycles. The van der Waals surface area contributed by atoms with Gasteiger partial charge in [0, 0.05) is 17.9 Å². The number of ether oxygens (including phenoxy) is 1.